The molecule has 3 amide bonds. The fourth-order valence-electron chi connectivity index (χ4n) is 7.85. The Kier molecular flexibility index (Phi) is 9.80. The molecule has 3 aliphatic heterocycles. The number of carbonyl (C=O) groups is 3. The zero-order valence-electron chi connectivity index (χ0n) is 26.7. The minimum atomic E-state index is -0.809. The standard InChI is InChI=1S/C36H46N4O4S/c1-6-21-38(25-26-13-11-10-12-14-26)32(42)29-30-33(43)40(23-24-41)31(36(30)20-19-35(29,5)45-36)34(44)39(22-7-2)28-17-15-27(16-18-28)37(8-3)9-4/h6-7,10-18,29-31,41H,1-2,8-9,19-25H2,3-5H3/t29-,30-,31?,35+,36?/m0/s1. The molecule has 2 bridgehead atoms. The number of aliphatic hydroxyl groups is 1. The molecule has 9 heteroatoms. The third kappa shape index (κ3) is 5.69. The first kappa shape index (κ1) is 32.8. The molecule has 0 saturated carbocycles. The van der Waals surface area contributed by atoms with Gasteiger partial charge in [0, 0.05) is 55.4 Å². The lowest BCUT2D eigenvalue weighted by Gasteiger charge is -2.38. The van der Waals surface area contributed by atoms with Crippen LogP contribution in [0, 0.1) is 11.8 Å². The molecular formula is C36H46N4O4S. The van der Waals surface area contributed by atoms with Crippen LogP contribution in [-0.2, 0) is 20.9 Å². The molecular weight excluding hydrogens is 584 g/mol. The average molecular weight is 631 g/mol. The molecule has 8 nitrogen and oxygen atoms in total. The van der Waals surface area contributed by atoms with Crippen molar-refractivity contribution in [3.63, 3.8) is 0 Å². The molecule has 2 aromatic carbocycles. The molecule has 1 N–H and O–H groups in total. The smallest absolute Gasteiger partial charge is 0.251 e. The Hall–Kier alpha value is -3.56. The summed E-state index contributed by atoms with van der Waals surface area (Å²) < 4.78 is -1.27. The first-order chi connectivity index (χ1) is 21.7. The van der Waals surface area contributed by atoms with Gasteiger partial charge in [0.25, 0.3) is 5.91 Å². The van der Waals surface area contributed by atoms with Crippen molar-refractivity contribution in [2.24, 2.45) is 11.8 Å². The van der Waals surface area contributed by atoms with Gasteiger partial charge in [0.05, 0.1) is 23.2 Å². The van der Waals surface area contributed by atoms with Crippen LogP contribution >= 0.6 is 11.8 Å². The summed E-state index contributed by atoms with van der Waals surface area (Å²) in [7, 11) is 0. The van der Waals surface area contributed by atoms with Gasteiger partial charge in [0.1, 0.15) is 6.04 Å². The van der Waals surface area contributed by atoms with E-state index in [9.17, 15) is 19.5 Å². The summed E-state index contributed by atoms with van der Waals surface area (Å²) in [4.78, 5) is 50.9. The van der Waals surface area contributed by atoms with Crippen LogP contribution in [0.4, 0.5) is 11.4 Å². The maximum absolute atomic E-state index is 14.8. The van der Waals surface area contributed by atoms with E-state index >= 15 is 0 Å². The average Bonchev–Trinajstić information content (AvgIpc) is 3.61. The highest BCUT2D eigenvalue weighted by molar-refractivity contribution is 8.02. The molecule has 3 saturated heterocycles. The van der Waals surface area contributed by atoms with Crippen LogP contribution in [0.15, 0.2) is 79.9 Å². The maximum atomic E-state index is 14.8. The Morgan fingerprint density at radius 3 is 2.22 bits per heavy atom. The van der Waals surface area contributed by atoms with E-state index in [0.29, 0.717) is 19.5 Å². The van der Waals surface area contributed by atoms with Crippen molar-refractivity contribution in [2.75, 3.05) is 49.1 Å². The van der Waals surface area contributed by atoms with Crippen molar-refractivity contribution in [1.29, 1.82) is 0 Å². The molecule has 0 aromatic heterocycles. The lowest BCUT2D eigenvalue weighted by molar-refractivity contribution is -0.145. The van der Waals surface area contributed by atoms with Crippen LogP contribution in [-0.4, -0.2) is 87.5 Å². The molecule has 5 rings (SSSR count). The summed E-state index contributed by atoms with van der Waals surface area (Å²) in [5.74, 6) is -1.75. The minimum absolute atomic E-state index is 0.0366. The van der Waals surface area contributed by atoms with Crippen LogP contribution < -0.4 is 9.80 Å². The van der Waals surface area contributed by atoms with E-state index in [-0.39, 0.29) is 37.4 Å². The van der Waals surface area contributed by atoms with Crippen molar-refractivity contribution in [1.82, 2.24) is 9.80 Å². The molecule has 3 aliphatic rings. The van der Waals surface area contributed by atoms with Crippen LogP contribution in [0.25, 0.3) is 0 Å². The van der Waals surface area contributed by atoms with Crippen molar-refractivity contribution in [3.05, 3.63) is 85.5 Å². The number of likely N-dealkylation sites (tertiary alicyclic amines) is 1. The molecule has 45 heavy (non-hydrogen) atoms. The number of hydrogen-bond acceptors (Lipinski definition) is 6. The third-order valence-corrected chi connectivity index (χ3v) is 11.8. The van der Waals surface area contributed by atoms with E-state index in [1.54, 1.807) is 38.6 Å². The predicted octanol–water partition coefficient (Wildman–Crippen LogP) is 4.74. The van der Waals surface area contributed by atoms with Gasteiger partial charge in [-0.3, -0.25) is 14.4 Å². The number of nitrogens with zero attached hydrogens (tertiary/aromatic N) is 4. The molecule has 5 atom stereocenters. The monoisotopic (exact) mass is 630 g/mol. The summed E-state index contributed by atoms with van der Waals surface area (Å²) in [6, 6.07) is 16.9. The minimum Gasteiger partial charge on any atom is -0.395 e. The zero-order valence-corrected chi connectivity index (χ0v) is 27.5. The van der Waals surface area contributed by atoms with Gasteiger partial charge in [-0.25, -0.2) is 0 Å². The van der Waals surface area contributed by atoms with Crippen LogP contribution in [0.2, 0.25) is 0 Å². The second kappa shape index (κ2) is 13.4. The number of thioether (sulfide) groups is 1. The normalized spacial score (nSPS) is 26.4. The van der Waals surface area contributed by atoms with Gasteiger partial charge >= 0.3 is 0 Å². The Bertz CT molecular complexity index is 1410. The number of anilines is 2. The van der Waals surface area contributed by atoms with Crippen molar-refractivity contribution in [3.8, 4) is 0 Å². The summed E-state index contributed by atoms with van der Waals surface area (Å²) >= 11 is 1.65. The third-order valence-electron chi connectivity index (χ3n) is 9.86. The summed E-state index contributed by atoms with van der Waals surface area (Å²) in [5, 5.41) is 10.1. The molecule has 1 spiro atoms. The van der Waals surface area contributed by atoms with Crippen molar-refractivity contribution >= 4 is 40.9 Å². The molecule has 0 aliphatic carbocycles. The van der Waals surface area contributed by atoms with Gasteiger partial charge in [-0.05, 0) is 63.4 Å². The highest BCUT2D eigenvalue weighted by atomic mass is 32.2. The van der Waals surface area contributed by atoms with Gasteiger partial charge in [-0.15, -0.1) is 24.9 Å². The first-order valence-corrected chi connectivity index (χ1v) is 16.8. The highest BCUT2D eigenvalue weighted by Gasteiger charge is 2.77. The van der Waals surface area contributed by atoms with E-state index in [4.69, 9.17) is 0 Å². The topological polar surface area (TPSA) is 84.4 Å². The zero-order chi connectivity index (χ0) is 32.4. The van der Waals surface area contributed by atoms with Crippen molar-refractivity contribution < 1.29 is 19.5 Å². The fourth-order valence-corrected chi connectivity index (χ4v) is 10.2. The van der Waals surface area contributed by atoms with Crippen LogP contribution in [0.3, 0.4) is 0 Å². The number of benzene rings is 2. The number of β-amino-alcohol motifs (C(OH)–C–C–N with tert-alkyl or cyclic N) is 1. The van der Waals surface area contributed by atoms with E-state index < -0.39 is 27.4 Å². The van der Waals surface area contributed by atoms with Crippen molar-refractivity contribution in [2.45, 2.75) is 55.7 Å². The Morgan fingerprint density at radius 2 is 1.62 bits per heavy atom. The molecule has 3 heterocycles. The summed E-state index contributed by atoms with van der Waals surface area (Å²) in [6.45, 7) is 16.7. The molecule has 2 aromatic rings. The Balaban J connectivity index is 1.51. The van der Waals surface area contributed by atoms with Crippen LogP contribution in [0.5, 0.6) is 0 Å². The number of hydrogen-bond donors (Lipinski definition) is 1. The largest absolute Gasteiger partial charge is 0.395 e. The fraction of sp³-hybridized carbons (Fsp3) is 0.472. The SMILES string of the molecule is C=CCN(Cc1ccccc1)C(=O)[C@@H]1[C@H]2C(=O)N(CCO)C(C(=O)N(CC=C)c3ccc(N(CC)CC)cc3)C23CC[C@@]1(C)S3. The van der Waals surface area contributed by atoms with Gasteiger partial charge in [-0.1, -0.05) is 42.5 Å². The molecule has 3 fully saturated rings. The predicted molar refractivity (Wildman–Crippen MR) is 182 cm³/mol. The summed E-state index contributed by atoms with van der Waals surface area (Å²) in [6.07, 6.45) is 4.79. The van der Waals surface area contributed by atoms with Gasteiger partial charge < -0.3 is 24.7 Å². The second-order valence-electron chi connectivity index (χ2n) is 12.4. The number of aliphatic hydroxyl groups excluding tert-OH is 1. The van der Waals surface area contributed by atoms with E-state index in [1.807, 2.05) is 54.6 Å². The number of carbonyl (C=O) groups excluding carboxylic acids is 3. The number of amides is 3. The molecule has 240 valence electrons. The quantitative estimate of drug-likeness (QED) is 0.304. The Labute approximate surface area is 271 Å². The lowest BCUT2D eigenvalue weighted by atomic mass is 9.66. The Morgan fingerprint density at radius 1 is 0.978 bits per heavy atom. The summed E-state index contributed by atoms with van der Waals surface area (Å²) in [5.41, 5.74) is 2.80. The number of rotatable bonds is 14. The first-order valence-electron chi connectivity index (χ1n) is 16.0. The second-order valence-corrected chi connectivity index (χ2v) is 14.3. The maximum Gasteiger partial charge on any atom is 0.251 e. The van der Waals surface area contributed by atoms with E-state index in [1.165, 1.54) is 0 Å². The van der Waals surface area contributed by atoms with Gasteiger partial charge in [0.15, 0.2) is 0 Å². The van der Waals surface area contributed by atoms with E-state index in [2.05, 4.69) is 38.8 Å². The molecule has 0 radical (unpaired) electrons. The van der Waals surface area contributed by atoms with Gasteiger partial charge in [-0.2, -0.15) is 0 Å². The van der Waals surface area contributed by atoms with Crippen LogP contribution in [0.1, 0.15) is 39.2 Å². The molecule has 2 unspecified atom stereocenters. The lowest BCUT2D eigenvalue weighted by Crippen LogP contribution is -2.55. The highest BCUT2D eigenvalue weighted by Crippen LogP contribution is 2.71. The number of fused-ring (bicyclic) bond motifs is 1. The van der Waals surface area contributed by atoms with E-state index in [0.717, 1.165) is 36.4 Å². The van der Waals surface area contributed by atoms with Gasteiger partial charge in [0.2, 0.25) is 11.8 Å².